The van der Waals surface area contributed by atoms with E-state index in [-0.39, 0.29) is 17.4 Å². The van der Waals surface area contributed by atoms with Crippen molar-refractivity contribution in [2.45, 2.75) is 12.8 Å². The van der Waals surface area contributed by atoms with Gasteiger partial charge in [-0.05, 0) is 5.56 Å². The molecule has 0 aliphatic rings. The first kappa shape index (κ1) is 14.2. The molecule has 2 atom stereocenters. The van der Waals surface area contributed by atoms with Crippen molar-refractivity contribution < 1.29 is 9.72 Å². The Morgan fingerprint density at radius 1 is 1.33 bits per heavy atom. The van der Waals surface area contributed by atoms with Crippen molar-refractivity contribution >= 4 is 5.91 Å². The van der Waals surface area contributed by atoms with Crippen molar-refractivity contribution in [1.29, 1.82) is 0 Å². The Labute approximate surface area is 107 Å². The summed E-state index contributed by atoms with van der Waals surface area (Å²) in [4.78, 5) is 23.8. The zero-order valence-electron chi connectivity index (χ0n) is 10.9. The highest BCUT2D eigenvalue weighted by Gasteiger charge is 2.30. The third kappa shape index (κ3) is 3.55. The molecule has 0 spiro atoms. The lowest BCUT2D eigenvalue weighted by atomic mass is 9.86. The average molecular weight is 250 g/mol. The van der Waals surface area contributed by atoms with Gasteiger partial charge in [0.15, 0.2) is 0 Å². The molecule has 0 aliphatic carbocycles. The van der Waals surface area contributed by atoms with Crippen LogP contribution in [0.15, 0.2) is 30.3 Å². The zero-order chi connectivity index (χ0) is 13.7. The Hall–Kier alpha value is -1.91. The summed E-state index contributed by atoms with van der Waals surface area (Å²) < 4.78 is 0. The summed E-state index contributed by atoms with van der Waals surface area (Å²) in [5.74, 6) is -0.894. The van der Waals surface area contributed by atoms with Crippen molar-refractivity contribution in [3.8, 4) is 0 Å². The van der Waals surface area contributed by atoms with Crippen LogP contribution in [0.25, 0.3) is 0 Å². The van der Waals surface area contributed by atoms with Crippen molar-refractivity contribution in [2.24, 2.45) is 5.92 Å². The van der Waals surface area contributed by atoms with Gasteiger partial charge in [0, 0.05) is 24.9 Å². The normalized spacial score (nSPS) is 13.7. The van der Waals surface area contributed by atoms with E-state index in [1.807, 2.05) is 30.3 Å². The molecule has 98 valence electrons. The van der Waals surface area contributed by atoms with Crippen LogP contribution in [0.2, 0.25) is 0 Å². The molecule has 1 rings (SSSR count). The molecule has 0 N–H and O–H groups in total. The molecule has 0 aromatic heterocycles. The fourth-order valence-corrected chi connectivity index (χ4v) is 1.99. The molecule has 0 aliphatic heterocycles. The monoisotopic (exact) mass is 250 g/mol. The predicted molar refractivity (Wildman–Crippen MR) is 68.9 cm³/mol. The van der Waals surface area contributed by atoms with E-state index < -0.39 is 11.8 Å². The smallest absolute Gasteiger partial charge is 0.225 e. The molecule has 5 heteroatoms. The molecule has 1 amide bonds. The van der Waals surface area contributed by atoms with Gasteiger partial charge in [-0.15, -0.1) is 0 Å². The minimum Gasteiger partial charge on any atom is -0.349 e. The fourth-order valence-electron chi connectivity index (χ4n) is 1.99. The first-order chi connectivity index (χ1) is 8.43. The number of carbonyl (C=O) groups excluding carboxylic acids is 1. The maximum absolute atomic E-state index is 11.9. The molecule has 1 aromatic rings. The van der Waals surface area contributed by atoms with Crippen LogP contribution in [0.1, 0.15) is 18.4 Å². The maximum Gasteiger partial charge on any atom is 0.225 e. The molecule has 0 radical (unpaired) electrons. The summed E-state index contributed by atoms with van der Waals surface area (Å²) in [6, 6.07) is 9.16. The van der Waals surface area contributed by atoms with Gasteiger partial charge in [-0.3, -0.25) is 14.9 Å². The van der Waals surface area contributed by atoms with E-state index in [0.717, 1.165) is 5.56 Å². The van der Waals surface area contributed by atoms with Crippen LogP contribution in [0.4, 0.5) is 0 Å². The Bertz CT molecular complexity index is 418. The van der Waals surface area contributed by atoms with E-state index >= 15 is 0 Å². The quantitative estimate of drug-likeness (QED) is 0.591. The lowest BCUT2D eigenvalue weighted by Gasteiger charge is -2.23. The standard InChI is InChI=1S/C13H18N2O3/c1-10(13(16)14(2)3)12(9-15(17)18)11-7-5-4-6-8-11/h4-8,10,12H,9H2,1-3H3. The Morgan fingerprint density at radius 2 is 1.89 bits per heavy atom. The summed E-state index contributed by atoms with van der Waals surface area (Å²) in [5.41, 5.74) is 0.830. The largest absolute Gasteiger partial charge is 0.349 e. The van der Waals surface area contributed by atoms with E-state index in [0.29, 0.717) is 0 Å². The van der Waals surface area contributed by atoms with Gasteiger partial charge in [0.1, 0.15) is 0 Å². The second kappa shape index (κ2) is 6.14. The van der Waals surface area contributed by atoms with Gasteiger partial charge >= 0.3 is 0 Å². The summed E-state index contributed by atoms with van der Waals surface area (Å²) in [7, 11) is 3.32. The lowest BCUT2D eigenvalue weighted by molar-refractivity contribution is -0.484. The van der Waals surface area contributed by atoms with Gasteiger partial charge in [-0.1, -0.05) is 37.3 Å². The summed E-state index contributed by atoms with van der Waals surface area (Å²) in [6.07, 6.45) is 0. The van der Waals surface area contributed by atoms with Crippen LogP contribution >= 0.6 is 0 Å². The fraction of sp³-hybridized carbons (Fsp3) is 0.462. The highest BCUT2D eigenvalue weighted by Crippen LogP contribution is 2.26. The molecule has 5 nitrogen and oxygen atoms in total. The number of nitrogens with zero attached hydrogens (tertiary/aromatic N) is 2. The van der Waals surface area contributed by atoms with Gasteiger partial charge in [0.25, 0.3) is 0 Å². The molecule has 0 saturated heterocycles. The second-order valence-electron chi connectivity index (χ2n) is 4.55. The molecule has 2 unspecified atom stereocenters. The van der Waals surface area contributed by atoms with E-state index in [2.05, 4.69) is 0 Å². The van der Waals surface area contributed by atoms with Crippen LogP contribution in [0, 0.1) is 16.0 Å². The highest BCUT2D eigenvalue weighted by atomic mass is 16.6. The second-order valence-corrected chi connectivity index (χ2v) is 4.55. The van der Waals surface area contributed by atoms with E-state index in [9.17, 15) is 14.9 Å². The van der Waals surface area contributed by atoms with Crippen LogP contribution in [0.5, 0.6) is 0 Å². The zero-order valence-corrected chi connectivity index (χ0v) is 10.9. The molecule has 0 fully saturated rings. The number of benzene rings is 1. The molecule has 18 heavy (non-hydrogen) atoms. The third-order valence-electron chi connectivity index (χ3n) is 3.01. The first-order valence-electron chi connectivity index (χ1n) is 5.81. The van der Waals surface area contributed by atoms with Gasteiger partial charge in [-0.2, -0.15) is 0 Å². The van der Waals surface area contributed by atoms with Crippen molar-refractivity contribution in [2.75, 3.05) is 20.6 Å². The molecule has 0 bridgehead atoms. The average Bonchev–Trinajstić information content (AvgIpc) is 2.35. The topological polar surface area (TPSA) is 63.5 Å². The number of hydrogen-bond acceptors (Lipinski definition) is 3. The number of nitro groups is 1. The lowest BCUT2D eigenvalue weighted by Crippen LogP contribution is -2.34. The number of amides is 1. The van der Waals surface area contributed by atoms with Gasteiger partial charge in [0.05, 0.1) is 5.92 Å². The minimum atomic E-state index is -0.409. The van der Waals surface area contributed by atoms with Crippen LogP contribution in [0.3, 0.4) is 0 Å². The van der Waals surface area contributed by atoms with E-state index in [1.54, 1.807) is 21.0 Å². The first-order valence-corrected chi connectivity index (χ1v) is 5.81. The molecule has 0 saturated carbocycles. The van der Waals surface area contributed by atoms with E-state index in [1.165, 1.54) is 4.90 Å². The van der Waals surface area contributed by atoms with Crippen molar-refractivity contribution in [3.63, 3.8) is 0 Å². The SMILES string of the molecule is CC(C(=O)N(C)C)C(C[N+](=O)[O-])c1ccccc1. The Morgan fingerprint density at radius 3 is 2.33 bits per heavy atom. The van der Waals surface area contributed by atoms with Crippen LogP contribution in [-0.2, 0) is 4.79 Å². The third-order valence-corrected chi connectivity index (χ3v) is 3.01. The predicted octanol–water partition coefficient (Wildman–Crippen LogP) is 1.77. The van der Waals surface area contributed by atoms with Crippen molar-refractivity contribution in [3.05, 3.63) is 46.0 Å². The number of rotatable bonds is 5. The van der Waals surface area contributed by atoms with Crippen LogP contribution < -0.4 is 0 Å². The van der Waals surface area contributed by atoms with Gasteiger partial charge in [0.2, 0.25) is 12.5 Å². The summed E-state index contributed by atoms with van der Waals surface area (Å²) >= 11 is 0. The molecular formula is C13H18N2O3. The molecule has 1 aromatic carbocycles. The van der Waals surface area contributed by atoms with Crippen molar-refractivity contribution in [1.82, 2.24) is 4.90 Å². The van der Waals surface area contributed by atoms with Crippen LogP contribution in [-0.4, -0.2) is 36.4 Å². The summed E-state index contributed by atoms with van der Waals surface area (Å²) in [6.45, 7) is 1.51. The molecular weight excluding hydrogens is 232 g/mol. The number of carbonyl (C=O) groups is 1. The molecule has 0 heterocycles. The van der Waals surface area contributed by atoms with Gasteiger partial charge in [-0.25, -0.2) is 0 Å². The Kier molecular flexibility index (Phi) is 4.83. The minimum absolute atomic E-state index is 0.0919. The number of hydrogen-bond donors (Lipinski definition) is 0. The highest BCUT2D eigenvalue weighted by molar-refractivity contribution is 5.79. The summed E-state index contributed by atoms with van der Waals surface area (Å²) in [5, 5.41) is 10.8. The Balaban J connectivity index is 2.99. The van der Waals surface area contributed by atoms with E-state index in [4.69, 9.17) is 0 Å². The van der Waals surface area contributed by atoms with Gasteiger partial charge < -0.3 is 4.90 Å². The maximum atomic E-state index is 11.9.